The first kappa shape index (κ1) is 20.4. The van der Waals surface area contributed by atoms with Crippen LogP contribution in [0.4, 0.5) is 4.39 Å². The smallest absolute Gasteiger partial charge is 0.243 e. The number of sulfonamides is 1. The fourth-order valence-corrected chi connectivity index (χ4v) is 3.60. The van der Waals surface area contributed by atoms with Crippen LogP contribution in [0, 0.1) is 5.82 Å². The lowest BCUT2D eigenvalue weighted by atomic mass is 10.1. The highest BCUT2D eigenvalue weighted by Gasteiger charge is 2.26. The quantitative estimate of drug-likeness (QED) is 0.750. The van der Waals surface area contributed by atoms with Gasteiger partial charge in [0.1, 0.15) is 5.82 Å². The molecule has 0 aliphatic carbocycles. The minimum Gasteiger partial charge on any atom is -0.338 e. The molecule has 5 nitrogen and oxygen atoms in total. The van der Waals surface area contributed by atoms with Crippen LogP contribution in [0.3, 0.4) is 0 Å². The molecule has 1 amide bonds. The molecule has 0 aliphatic heterocycles. The van der Waals surface area contributed by atoms with Gasteiger partial charge in [0.15, 0.2) is 0 Å². The Morgan fingerprint density at radius 2 is 1.62 bits per heavy atom. The average Bonchev–Trinajstić information content (AvgIpc) is 2.61. The summed E-state index contributed by atoms with van der Waals surface area (Å²) in [4.78, 5) is 13.9. The van der Waals surface area contributed by atoms with Gasteiger partial charge in [-0.15, -0.1) is 0 Å². The predicted octanol–water partition coefficient (Wildman–Crippen LogP) is 3.32. The van der Waals surface area contributed by atoms with Gasteiger partial charge in [-0.05, 0) is 48.9 Å². The molecule has 0 spiro atoms. The number of carbonyl (C=O) groups is 1. The fraction of sp³-hybridized carbons (Fsp3) is 0.278. The lowest BCUT2D eigenvalue weighted by molar-refractivity contribution is -0.131. The number of carbonyl (C=O) groups excluding carboxylic acids is 1. The maximum atomic E-state index is 13.0. The SMILES string of the molecule is CC(c1ccc(Cl)cc1)N(C)C(=O)CN(C)S(=O)(=O)c1ccc(F)cc1. The number of likely N-dealkylation sites (N-methyl/N-ethyl adjacent to an activating group) is 2. The van der Waals surface area contributed by atoms with Crippen LogP contribution in [-0.2, 0) is 14.8 Å². The van der Waals surface area contributed by atoms with Gasteiger partial charge in [-0.2, -0.15) is 4.31 Å². The second kappa shape index (κ2) is 8.16. The number of hydrogen-bond acceptors (Lipinski definition) is 3. The Morgan fingerprint density at radius 1 is 1.08 bits per heavy atom. The Labute approximate surface area is 158 Å². The van der Waals surface area contributed by atoms with Crippen molar-refractivity contribution >= 4 is 27.5 Å². The molecular weight excluding hydrogens is 379 g/mol. The summed E-state index contributed by atoms with van der Waals surface area (Å²) in [5, 5.41) is 0.597. The van der Waals surface area contributed by atoms with Crippen LogP contribution < -0.4 is 0 Å². The van der Waals surface area contributed by atoms with Crippen molar-refractivity contribution in [3.8, 4) is 0 Å². The highest BCUT2D eigenvalue weighted by atomic mass is 35.5. The summed E-state index contributed by atoms with van der Waals surface area (Å²) < 4.78 is 38.9. The maximum absolute atomic E-state index is 13.0. The number of hydrogen-bond donors (Lipinski definition) is 0. The van der Waals surface area contributed by atoms with Gasteiger partial charge in [-0.1, -0.05) is 23.7 Å². The highest BCUT2D eigenvalue weighted by molar-refractivity contribution is 7.89. The van der Waals surface area contributed by atoms with Crippen molar-refractivity contribution in [2.75, 3.05) is 20.6 Å². The summed E-state index contributed by atoms with van der Waals surface area (Å²) in [6.45, 7) is 1.52. The molecular formula is C18H20ClFN2O3S. The zero-order chi connectivity index (χ0) is 19.5. The summed E-state index contributed by atoms with van der Waals surface area (Å²) in [6.07, 6.45) is 0. The molecule has 0 saturated heterocycles. The van der Waals surface area contributed by atoms with Crippen LogP contribution in [0.5, 0.6) is 0 Å². The van der Waals surface area contributed by atoms with Crippen LogP contribution in [0.25, 0.3) is 0 Å². The van der Waals surface area contributed by atoms with Gasteiger partial charge >= 0.3 is 0 Å². The molecule has 140 valence electrons. The van der Waals surface area contributed by atoms with E-state index in [1.54, 1.807) is 19.2 Å². The van der Waals surface area contributed by atoms with Crippen molar-refractivity contribution in [1.82, 2.24) is 9.21 Å². The van der Waals surface area contributed by atoms with E-state index in [0.29, 0.717) is 5.02 Å². The van der Waals surface area contributed by atoms with E-state index in [1.165, 1.54) is 24.1 Å². The lowest BCUT2D eigenvalue weighted by Gasteiger charge is -2.27. The summed E-state index contributed by atoms with van der Waals surface area (Å²) in [5.74, 6) is -0.889. The van der Waals surface area contributed by atoms with Gasteiger partial charge in [-0.3, -0.25) is 4.79 Å². The van der Waals surface area contributed by atoms with Crippen LogP contribution >= 0.6 is 11.6 Å². The van der Waals surface area contributed by atoms with Crippen LogP contribution in [0.1, 0.15) is 18.5 Å². The molecule has 2 aromatic carbocycles. The van der Waals surface area contributed by atoms with Crippen LogP contribution in [0.2, 0.25) is 5.02 Å². The van der Waals surface area contributed by atoms with E-state index >= 15 is 0 Å². The van der Waals surface area contributed by atoms with E-state index in [2.05, 4.69) is 0 Å². The van der Waals surface area contributed by atoms with Crippen molar-refractivity contribution in [3.05, 3.63) is 64.9 Å². The third-order valence-electron chi connectivity index (χ3n) is 4.21. The monoisotopic (exact) mass is 398 g/mol. The molecule has 0 N–H and O–H groups in total. The molecule has 1 unspecified atom stereocenters. The molecule has 0 saturated carbocycles. The van der Waals surface area contributed by atoms with Crippen LogP contribution in [-0.4, -0.2) is 44.2 Å². The molecule has 2 rings (SSSR count). The molecule has 2 aromatic rings. The second-order valence-electron chi connectivity index (χ2n) is 5.95. The standard InChI is InChI=1S/C18H20ClFN2O3S/c1-13(14-4-6-15(19)7-5-14)22(3)18(23)12-21(2)26(24,25)17-10-8-16(20)9-11-17/h4-11,13H,12H2,1-3H3. The third-order valence-corrected chi connectivity index (χ3v) is 6.28. The predicted molar refractivity (Wildman–Crippen MR) is 98.9 cm³/mol. The van der Waals surface area contributed by atoms with E-state index in [9.17, 15) is 17.6 Å². The van der Waals surface area contributed by atoms with Gasteiger partial charge < -0.3 is 4.90 Å². The Balaban J connectivity index is 2.09. The first-order valence-electron chi connectivity index (χ1n) is 7.86. The Bertz CT molecular complexity index is 870. The Kier molecular flexibility index (Phi) is 6.39. The first-order valence-corrected chi connectivity index (χ1v) is 9.67. The molecule has 0 bridgehead atoms. The van der Waals surface area contributed by atoms with E-state index in [1.807, 2.05) is 19.1 Å². The number of nitrogens with zero attached hydrogens (tertiary/aromatic N) is 2. The minimum atomic E-state index is -3.88. The molecule has 1 atom stereocenters. The number of benzene rings is 2. The highest BCUT2D eigenvalue weighted by Crippen LogP contribution is 2.21. The summed E-state index contributed by atoms with van der Waals surface area (Å²) in [7, 11) is -0.951. The molecule has 0 aromatic heterocycles. The molecule has 0 aliphatic rings. The van der Waals surface area contributed by atoms with E-state index in [-0.39, 0.29) is 23.4 Å². The van der Waals surface area contributed by atoms with Gasteiger partial charge in [-0.25, -0.2) is 12.8 Å². The van der Waals surface area contributed by atoms with Gasteiger partial charge in [0, 0.05) is 19.1 Å². The first-order chi connectivity index (χ1) is 12.1. The number of amides is 1. The van der Waals surface area contributed by atoms with E-state index < -0.39 is 15.8 Å². The van der Waals surface area contributed by atoms with Gasteiger partial charge in [0.05, 0.1) is 17.5 Å². The third kappa shape index (κ3) is 4.60. The number of rotatable bonds is 6. The van der Waals surface area contributed by atoms with Crippen molar-refractivity contribution in [1.29, 1.82) is 0 Å². The largest absolute Gasteiger partial charge is 0.338 e. The van der Waals surface area contributed by atoms with Crippen LogP contribution in [0.15, 0.2) is 53.4 Å². The Morgan fingerprint density at radius 3 is 2.15 bits per heavy atom. The van der Waals surface area contributed by atoms with Crippen molar-refractivity contribution in [2.45, 2.75) is 17.9 Å². The topological polar surface area (TPSA) is 57.7 Å². The molecule has 26 heavy (non-hydrogen) atoms. The van der Waals surface area contributed by atoms with Gasteiger partial charge in [0.25, 0.3) is 0 Å². The number of halogens is 2. The molecule has 0 fully saturated rings. The Hall–Kier alpha value is -1.96. The lowest BCUT2D eigenvalue weighted by Crippen LogP contribution is -2.40. The normalized spacial score (nSPS) is 12.8. The van der Waals surface area contributed by atoms with Crippen molar-refractivity contribution in [3.63, 3.8) is 0 Å². The molecule has 0 heterocycles. The zero-order valence-electron chi connectivity index (χ0n) is 14.7. The minimum absolute atomic E-state index is 0.0670. The summed E-state index contributed by atoms with van der Waals surface area (Å²) >= 11 is 5.87. The van der Waals surface area contributed by atoms with Crippen molar-refractivity contribution < 1.29 is 17.6 Å². The maximum Gasteiger partial charge on any atom is 0.243 e. The molecule has 0 radical (unpaired) electrons. The second-order valence-corrected chi connectivity index (χ2v) is 8.43. The average molecular weight is 399 g/mol. The fourth-order valence-electron chi connectivity index (χ4n) is 2.35. The van der Waals surface area contributed by atoms with Gasteiger partial charge in [0.2, 0.25) is 15.9 Å². The van der Waals surface area contributed by atoms with E-state index in [4.69, 9.17) is 11.6 Å². The molecule has 8 heteroatoms. The van der Waals surface area contributed by atoms with Crippen molar-refractivity contribution in [2.24, 2.45) is 0 Å². The van der Waals surface area contributed by atoms with E-state index in [0.717, 1.165) is 22.0 Å². The summed E-state index contributed by atoms with van der Waals surface area (Å²) in [6, 6.07) is 11.3. The zero-order valence-corrected chi connectivity index (χ0v) is 16.3. The summed E-state index contributed by atoms with van der Waals surface area (Å²) in [5.41, 5.74) is 0.884.